The monoisotopic (exact) mass is 248 g/mol. The lowest BCUT2D eigenvalue weighted by Gasteiger charge is -2.07. The first kappa shape index (κ1) is 11.0. The van der Waals surface area contributed by atoms with Crippen molar-refractivity contribution in [3.05, 3.63) is 59.4 Å². The number of thiocarbonyl (C=S) groups is 1. The highest BCUT2D eigenvalue weighted by atomic mass is 35.5. The number of nitrogens with zero attached hydrogens (tertiary/aromatic N) is 1. The van der Waals surface area contributed by atoms with Crippen LogP contribution in [0.5, 0.6) is 0 Å². The quantitative estimate of drug-likeness (QED) is 0.824. The molecule has 4 heteroatoms. The normalized spacial score (nSPS) is 9.81. The smallest absolute Gasteiger partial charge is 0.111 e. The first-order valence-electron chi connectivity index (χ1n) is 4.72. The van der Waals surface area contributed by atoms with Crippen molar-refractivity contribution in [3.8, 4) is 0 Å². The van der Waals surface area contributed by atoms with Crippen molar-refractivity contribution in [1.82, 2.24) is 4.98 Å². The number of benzene rings is 1. The number of pyridine rings is 1. The van der Waals surface area contributed by atoms with Gasteiger partial charge in [0.15, 0.2) is 0 Å². The molecular formula is C12H9ClN2S. The second-order valence-corrected chi connectivity index (χ2v) is 4.04. The van der Waals surface area contributed by atoms with Gasteiger partial charge in [0.25, 0.3) is 0 Å². The molecule has 1 heterocycles. The van der Waals surface area contributed by atoms with E-state index in [0.29, 0.717) is 10.0 Å². The van der Waals surface area contributed by atoms with Crippen LogP contribution in [0.4, 0.5) is 5.69 Å². The number of rotatable bonds is 2. The lowest BCUT2D eigenvalue weighted by Crippen LogP contribution is -2.10. The van der Waals surface area contributed by atoms with Gasteiger partial charge in [0.1, 0.15) is 4.99 Å². The van der Waals surface area contributed by atoms with E-state index in [9.17, 15) is 0 Å². The molecule has 2 rings (SSSR count). The molecule has 0 saturated heterocycles. The van der Waals surface area contributed by atoms with Gasteiger partial charge in [0.2, 0.25) is 0 Å². The van der Waals surface area contributed by atoms with Crippen LogP contribution in [-0.4, -0.2) is 9.97 Å². The Hall–Kier alpha value is -1.45. The maximum absolute atomic E-state index is 5.80. The molecular weight excluding hydrogens is 240 g/mol. The summed E-state index contributed by atoms with van der Waals surface area (Å²) < 4.78 is 0. The third kappa shape index (κ3) is 2.78. The molecule has 0 fully saturated rings. The minimum atomic E-state index is 0.671. The zero-order chi connectivity index (χ0) is 11.4. The minimum Gasteiger partial charge on any atom is -0.346 e. The lowest BCUT2D eigenvalue weighted by atomic mass is 10.2. The van der Waals surface area contributed by atoms with Gasteiger partial charge in [-0.3, -0.25) is 4.98 Å². The summed E-state index contributed by atoms with van der Waals surface area (Å²) in [5.41, 5.74) is 1.87. The van der Waals surface area contributed by atoms with Crippen LogP contribution in [0, 0.1) is 0 Å². The van der Waals surface area contributed by atoms with Gasteiger partial charge in [-0.2, -0.15) is 0 Å². The Bertz CT molecular complexity index is 482. The summed E-state index contributed by atoms with van der Waals surface area (Å²) in [6, 6.07) is 11.1. The summed E-state index contributed by atoms with van der Waals surface area (Å²) in [7, 11) is 0. The Morgan fingerprint density at radius 3 is 2.31 bits per heavy atom. The van der Waals surface area contributed by atoms with E-state index in [2.05, 4.69) is 10.3 Å². The van der Waals surface area contributed by atoms with Crippen LogP contribution in [0.15, 0.2) is 48.8 Å². The molecule has 0 radical (unpaired) electrons. The Morgan fingerprint density at radius 1 is 1.06 bits per heavy atom. The molecule has 0 atom stereocenters. The van der Waals surface area contributed by atoms with Crippen LogP contribution in [0.1, 0.15) is 5.56 Å². The maximum Gasteiger partial charge on any atom is 0.111 e. The topological polar surface area (TPSA) is 24.9 Å². The van der Waals surface area contributed by atoms with E-state index in [1.54, 1.807) is 12.4 Å². The summed E-state index contributed by atoms with van der Waals surface area (Å²) >= 11 is 11.1. The van der Waals surface area contributed by atoms with Crippen LogP contribution in [0.2, 0.25) is 5.02 Å². The Kier molecular flexibility index (Phi) is 3.49. The number of hydrogen-bond donors (Lipinski definition) is 1. The summed E-state index contributed by atoms with van der Waals surface area (Å²) in [6.07, 6.45) is 3.43. The molecule has 0 bridgehead atoms. The van der Waals surface area contributed by atoms with Gasteiger partial charge >= 0.3 is 0 Å². The van der Waals surface area contributed by atoms with Crippen LogP contribution >= 0.6 is 23.8 Å². The van der Waals surface area contributed by atoms with Gasteiger partial charge in [0.05, 0.1) is 0 Å². The average molecular weight is 249 g/mol. The highest BCUT2D eigenvalue weighted by molar-refractivity contribution is 7.81. The van der Waals surface area contributed by atoms with Crippen LogP contribution < -0.4 is 5.32 Å². The average Bonchev–Trinajstić information content (AvgIpc) is 2.33. The fraction of sp³-hybridized carbons (Fsp3) is 0. The Morgan fingerprint density at radius 2 is 1.69 bits per heavy atom. The Balaban J connectivity index is 2.11. The van der Waals surface area contributed by atoms with Crippen molar-refractivity contribution in [1.29, 1.82) is 0 Å². The maximum atomic E-state index is 5.80. The van der Waals surface area contributed by atoms with E-state index >= 15 is 0 Å². The molecule has 0 spiro atoms. The second-order valence-electron chi connectivity index (χ2n) is 3.20. The van der Waals surface area contributed by atoms with E-state index in [-0.39, 0.29) is 0 Å². The molecule has 0 aliphatic heterocycles. The van der Waals surface area contributed by atoms with E-state index in [1.165, 1.54) is 0 Å². The van der Waals surface area contributed by atoms with E-state index in [4.69, 9.17) is 23.8 Å². The number of aromatic nitrogens is 1. The summed E-state index contributed by atoms with van der Waals surface area (Å²) in [5.74, 6) is 0. The van der Waals surface area contributed by atoms with Crippen molar-refractivity contribution < 1.29 is 0 Å². The highest BCUT2D eigenvalue weighted by Gasteiger charge is 2.00. The molecule has 16 heavy (non-hydrogen) atoms. The minimum absolute atomic E-state index is 0.671. The van der Waals surface area contributed by atoms with Gasteiger partial charge in [0, 0.05) is 28.7 Å². The van der Waals surface area contributed by atoms with Crippen molar-refractivity contribution in [2.75, 3.05) is 5.32 Å². The van der Waals surface area contributed by atoms with Crippen molar-refractivity contribution in [2.45, 2.75) is 0 Å². The third-order valence-electron chi connectivity index (χ3n) is 2.04. The molecule has 0 aliphatic carbocycles. The number of anilines is 1. The summed E-state index contributed by atoms with van der Waals surface area (Å²) in [4.78, 5) is 4.61. The van der Waals surface area contributed by atoms with Gasteiger partial charge in [-0.15, -0.1) is 0 Å². The molecule has 1 N–H and O–H groups in total. The number of hydrogen-bond acceptors (Lipinski definition) is 2. The molecule has 1 aromatic carbocycles. The Labute approximate surface area is 104 Å². The number of halogens is 1. The highest BCUT2D eigenvalue weighted by Crippen LogP contribution is 2.14. The molecule has 2 aromatic rings. The predicted molar refractivity (Wildman–Crippen MR) is 71.0 cm³/mol. The van der Waals surface area contributed by atoms with E-state index < -0.39 is 0 Å². The van der Waals surface area contributed by atoms with Crippen molar-refractivity contribution >= 4 is 34.5 Å². The molecule has 1 aromatic heterocycles. The molecule has 0 saturated carbocycles. The molecule has 0 aliphatic rings. The van der Waals surface area contributed by atoms with Crippen LogP contribution in [0.3, 0.4) is 0 Å². The van der Waals surface area contributed by atoms with Gasteiger partial charge in [-0.05, 0) is 36.4 Å². The number of nitrogens with one attached hydrogen (secondary N) is 1. The summed E-state index contributed by atoms with van der Waals surface area (Å²) in [5, 5.41) is 3.84. The largest absolute Gasteiger partial charge is 0.346 e. The first-order chi connectivity index (χ1) is 7.75. The lowest BCUT2D eigenvalue weighted by molar-refractivity contribution is 1.32. The zero-order valence-electron chi connectivity index (χ0n) is 8.35. The second kappa shape index (κ2) is 5.05. The molecule has 80 valence electrons. The van der Waals surface area contributed by atoms with Crippen molar-refractivity contribution in [2.24, 2.45) is 0 Å². The molecule has 0 unspecified atom stereocenters. The van der Waals surface area contributed by atoms with E-state index in [0.717, 1.165) is 11.3 Å². The van der Waals surface area contributed by atoms with Crippen LogP contribution in [-0.2, 0) is 0 Å². The van der Waals surface area contributed by atoms with Gasteiger partial charge in [-0.1, -0.05) is 23.8 Å². The van der Waals surface area contributed by atoms with E-state index in [1.807, 2.05) is 36.4 Å². The zero-order valence-corrected chi connectivity index (χ0v) is 9.92. The predicted octanol–water partition coefficient (Wildman–Crippen LogP) is 3.52. The fourth-order valence-corrected chi connectivity index (χ4v) is 1.62. The van der Waals surface area contributed by atoms with Gasteiger partial charge < -0.3 is 5.32 Å². The molecule has 2 nitrogen and oxygen atoms in total. The fourth-order valence-electron chi connectivity index (χ4n) is 1.24. The van der Waals surface area contributed by atoms with Crippen molar-refractivity contribution in [3.63, 3.8) is 0 Å². The third-order valence-corrected chi connectivity index (χ3v) is 2.63. The SMILES string of the molecule is S=C(Nc1ccc(Cl)cc1)c1ccncc1. The first-order valence-corrected chi connectivity index (χ1v) is 5.51. The molecule has 0 amide bonds. The van der Waals surface area contributed by atoms with Gasteiger partial charge in [-0.25, -0.2) is 0 Å². The standard InChI is InChI=1S/C12H9ClN2S/c13-10-1-3-11(4-2-10)15-12(16)9-5-7-14-8-6-9/h1-8H,(H,15,16). The van der Waals surface area contributed by atoms with Crippen LogP contribution in [0.25, 0.3) is 0 Å². The summed E-state index contributed by atoms with van der Waals surface area (Å²) in [6.45, 7) is 0.